The van der Waals surface area contributed by atoms with Crippen LogP contribution in [-0.2, 0) is 0 Å². The Labute approximate surface area is 95.6 Å². The molecule has 15 heavy (non-hydrogen) atoms. The van der Waals surface area contributed by atoms with E-state index in [1.54, 1.807) is 0 Å². The molecule has 0 unspecified atom stereocenters. The summed E-state index contributed by atoms with van der Waals surface area (Å²) >= 11 is 5.75. The van der Waals surface area contributed by atoms with Crippen molar-refractivity contribution in [2.45, 2.75) is 13.0 Å². The van der Waals surface area contributed by atoms with Gasteiger partial charge in [-0.2, -0.15) is 0 Å². The molecule has 0 heterocycles. The van der Waals surface area contributed by atoms with Crippen LogP contribution >= 0.6 is 11.6 Å². The summed E-state index contributed by atoms with van der Waals surface area (Å²) in [6.45, 7) is 4.11. The molecule has 0 aliphatic heterocycles. The third kappa shape index (κ3) is 5.02. The molecule has 0 aromatic heterocycles. The smallest absolute Gasteiger partial charge is 0.119 e. The molecule has 0 aliphatic rings. The maximum absolute atomic E-state index is 5.75. The molecular weight excluding hydrogens is 212 g/mol. The van der Waals surface area contributed by atoms with Crippen molar-refractivity contribution in [2.75, 3.05) is 19.7 Å². The van der Waals surface area contributed by atoms with Crippen molar-refractivity contribution in [1.82, 2.24) is 5.32 Å². The van der Waals surface area contributed by atoms with Gasteiger partial charge in [0.05, 0.1) is 0 Å². The zero-order valence-electron chi connectivity index (χ0n) is 8.87. The topological polar surface area (TPSA) is 47.3 Å². The Morgan fingerprint density at radius 1 is 1.40 bits per heavy atom. The highest BCUT2D eigenvalue weighted by Crippen LogP contribution is 2.14. The molecule has 0 amide bonds. The summed E-state index contributed by atoms with van der Waals surface area (Å²) in [5, 5.41) is 3.96. The van der Waals surface area contributed by atoms with E-state index in [0.29, 0.717) is 19.2 Å². The van der Waals surface area contributed by atoms with Crippen molar-refractivity contribution >= 4 is 11.6 Å². The van der Waals surface area contributed by atoms with Gasteiger partial charge in [0.25, 0.3) is 0 Å². The van der Waals surface area contributed by atoms with Crippen LogP contribution in [0.4, 0.5) is 0 Å². The van der Waals surface area contributed by atoms with Crippen molar-refractivity contribution in [1.29, 1.82) is 0 Å². The molecule has 0 bridgehead atoms. The third-order valence-corrected chi connectivity index (χ3v) is 2.28. The van der Waals surface area contributed by atoms with Crippen LogP contribution < -0.4 is 15.8 Å². The summed E-state index contributed by atoms with van der Waals surface area (Å²) in [4.78, 5) is 0. The van der Waals surface area contributed by atoms with Crippen LogP contribution in [0.3, 0.4) is 0 Å². The second-order valence-corrected chi connectivity index (χ2v) is 3.83. The molecule has 0 spiro atoms. The van der Waals surface area contributed by atoms with Gasteiger partial charge in [-0.1, -0.05) is 11.6 Å². The van der Waals surface area contributed by atoms with Crippen LogP contribution in [0, 0.1) is 0 Å². The largest absolute Gasteiger partial charge is 0.492 e. The van der Waals surface area contributed by atoms with Gasteiger partial charge in [-0.15, -0.1) is 0 Å². The number of benzene rings is 1. The molecule has 3 nitrogen and oxygen atoms in total. The highest BCUT2D eigenvalue weighted by molar-refractivity contribution is 6.30. The van der Waals surface area contributed by atoms with E-state index in [4.69, 9.17) is 22.1 Å². The van der Waals surface area contributed by atoms with Crippen molar-refractivity contribution < 1.29 is 4.74 Å². The Bertz CT molecular complexity index is 276. The van der Waals surface area contributed by atoms with Crippen LogP contribution in [0.2, 0.25) is 5.02 Å². The lowest BCUT2D eigenvalue weighted by molar-refractivity contribution is 0.307. The molecule has 0 saturated heterocycles. The summed E-state index contributed by atoms with van der Waals surface area (Å²) in [7, 11) is 0. The first kappa shape index (κ1) is 12.3. The van der Waals surface area contributed by atoms with Crippen LogP contribution in [0.15, 0.2) is 24.3 Å². The van der Waals surface area contributed by atoms with Crippen LogP contribution in [0.25, 0.3) is 0 Å². The lowest BCUT2D eigenvalue weighted by Crippen LogP contribution is -2.35. The van der Waals surface area contributed by atoms with Gasteiger partial charge in [0.15, 0.2) is 0 Å². The van der Waals surface area contributed by atoms with Gasteiger partial charge in [0, 0.05) is 24.2 Å². The second kappa shape index (κ2) is 6.67. The van der Waals surface area contributed by atoms with Crippen molar-refractivity contribution in [3.63, 3.8) is 0 Å². The van der Waals surface area contributed by atoms with Crippen molar-refractivity contribution in [3.8, 4) is 5.75 Å². The Balaban J connectivity index is 2.17. The zero-order valence-corrected chi connectivity index (χ0v) is 9.63. The van der Waals surface area contributed by atoms with E-state index in [0.717, 1.165) is 17.3 Å². The molecule has 84 valence electrons. The third-order valence-electron chi connectivity index (χ3n) is 2.03. The molecule has 1 rings (SSSR count). The van der Waals surface area contributed by atoms with Gasteiger partial charge in [0.2, 0.25) is 0 Å². The number of hydrogen-bond acceptors (Lipinski definition) is 3. The Hall–Kier alpha value is -0.770. The first-order chi connectivity index (χ1) is 7.22. The summed E-state index contributed by atoms with van der Waals surface area (Å²) < 4.78 is 5.49. The number of nitrogens with one attached hydrogen (secondary N) is 1. The number of nitrogens with two attached hydrogens (primary N) is 1. The number of hydrogen-bond donors (Lipinski definition) is 2. The van der Waals surface area contributed by atoms with Gasteiger partial charge < -0.3 is 15.8 Å². The fourth-order valence-electron chi connectivity index (χ4n) is 1.09. The molecule has 0 saturated carbocycles. The minimum absolute atomic E-state index is 0.332. The first-order valence-corrected chi connectivity index (χ1v) is 5.42. The molecule has 1 atom stereocenters. The molecule has 1 aromatic carbocycles. The number of ether oxygens (including phenoxy) is 1. The van der Waals surface area contributed by atoms with E-state index in [1.807, 2.05) is 31.2 Å². The highest BCUT2D eigenvalue weighted by Gasteiger charge is 1.97. The second-order valence-electron chi connectivity index (χ2n) is 3.39. The van der Waals surface area contributed by atoms with Gasteiger partial charge in [-0.25, -0.2) is 0 Å². The lowest BCUT2D eigenvalue weighted by Gasteiger charge is -2.11. The minimum atomic E-state index is 0.332. The average Bonchev–Trinajstić information content (AvgIpc) is 2.26. The van der Waals surface area contributed by atoms with Crippen LogP contribution in [0.1, 0.15) is 6.92 Å². The summed E-state index contributed by atoms with van der Waals surface area (Å²) in [6.07, 6.45) is 0. The lowest BCUT2D eigenvalue weighted by atomic mass is 10.3. The summed E-state index contributed by atoms with van der Waals surface area (Å²) in [5.41, 5.74) is 5.46. The molecular formula is C11H17ClN2O. The predicted molar refractivity (Wildman–Crippen MR) is 63.5 cm³/mol. The zero-order chi connectivity index (χ0) is 11.1. The fourth-order valence-corrected chi connectivity index (χ4v) is 1.21. The minimum Gasteiger partial charge on any atom is -0.492 e. The highest BCUT2D eigenvalue weighted by atomic mass is 35.5. The van der Waals surface area contributed by atoms with Gasteiger partial charge >= 0.3 is 0 Å². The van der Waals surface area contributed by atoms with E-state index >= 15 is 0 Å². The first-order valence-electron chi connectivity index (χ1n) is 5.04. The maximum atomic E-state index is 5.75. The summed E-state index contributed by atoms with van der Waals surface area (Å²) in [6, 6.07) is 7.67. The fraction of sp³-hybridized carbons (Fsp3) is 0.455. The van der Waals surface area contributed by atoms with Gasteiger partial charge in [-0.3, -0.25) is 0 Å². The Kier molecular flexibility index (Phi) is 5.47. The number of halogens is 1. The van der Waals surface area contributed by atoms with Gasteiger partial charge in [-0.05, 0) is 31.2 Å². The van der Waals surface area contributed by atoms with E-state index in [9.17, 15) is 0 Å². The van der Waals surface area contributed by atoms with E-state index < -0.39 is 0 Å². The molecule has 0 radical (unpaired) electrons. The Morgan fingerprint density at radius 3 is 2.67 bits per heavy atom. The molecule has 0 aliphatic carbocycles. The predicted octanol–water partition coefficient (Wildman–Crippen LogP) is 1.66. The standard InChI is InChI=1S/C11H17ClN2O/c1-9(8-13)14-6-7-15-11-4-2-10(12)3-5-11/h2-5,9,14H,6-8,13H2,1H3/t9-/m0/s1. The maximum Gasteiger partial charge on any atom is 0.119 e. The SMILES string of the molecule is C[C@@H](CN)NCCOc1ccc(Cl)cc1. The quantitative estimate of drug-likeness (QED) is 0.728. The number of rotatable bonds is 6. The van der Waals surface area contributed by atoms with E-state index in [1.165, 1.54) is 0 Å². The molecule has 4 heteroatoms. The van der Waals surface area contributed by atoms with Crippen molar-refractivity contribution in [2.24, 2.45) is 5.73 Å². The van der Waals surface area contributed by atoms with E-state index in [2.05, 4.69) is 5.32 Å². The monoisotopic (exact) mass is 228 g/mol. The normalized spacial score (nSPS) is 12.5. The van der Waals surface area contributed by atoms with Gasteiger partial charge in [0.1, 0.15) is 12.4 Å². The van der Waals surface area contributed by atoms with E-state index in [-0.39, 0.29) is 0 Å². The Morgan fingerprint density at radius 2 is 2.07 bits per heavy atom. The summed E-state index contributed by atoms with van der Waals surface area (Å²) in [5.74, 6) is 0.835. The van der Waals surface area contributed by atoms with Crippen LogP contribution in [0.5, 0.6) is 5.75 Å². The molecule has 1 aromatic rings. The van der Waals surface area contributed by atoms with Crippen molar-refractivity contribution in [3.05, 3.63) is 29.3 Å². The van der Waals surface area contributed by atoms with Crippen LogP contribution in [-0.4, -0.2) is 25.7 Å². The molecule has 0 fully saturated rings. The average molecular weight is 229 g/mol. The molecule has 3 N–H and O–H groups in total.